The van der Waals surface area contributed by atoms with Gasteiger partial charge in [-0.3, -0.25) is 4.79 Å². The lowest BCUT2D eigenvalue weighted by Gasteiger charge is -2.42. The minimum absolute atomic E-state index is 0.0294. The van der Waals surface area contributed by atoms with Gasteiger partial charge >= 0.3 is 12.6 Å². The van der Waals surface area contributed by atoms with Crippen molar-refractivity contribution in [2.24, 2.45) is 5.41 Å². The molecule has 0 heterocycles. The van der Waals surface area contributed by atoms with E-state index in [9.17, 15) is 13.6 Å². The summed E-state index contributed by atoms with van der Waals surface area (Å²) in [7, 11) is 0. The summed E-state index contributed by atoms with van der Waals surface area (Å²) < 4.78 is 29.1. The van der Waals surface area contributed by atoms with E-state index in [-0.39, 0.29) is 18.3 Å². The summed E-state index contributed by atoms with van der Waals surface area (Å²) in [6, 6.07) is 4.59. The number of aliphatic carboxylic acids is 1. The molecule has 1 aromatic carbocycles. The lowest BCUT2D eigenvalue weighted by Crippen LogP contribution is -2.51. The number of hydrogen-bond donors (Lipinski definition) is 2. The lowest BCUT2D eigenvalue weighted by molar-refractivity contribution is -0.154. The van der Waals surface area contributed by atoms with Gasteiger partial charge in [0, 0.05) is 23.2 Å². The average molecular weight is 320 g/mol. The Morgan fingerprint density at radius 1 is 1.57 bits per heavy atom. The number of hydrogen-bond acceptors (Lipinski definition) is 3. The van der Waals surface area contributed by atoms with Crippen molar-refractivity contribution >= 4 is 17.6 Å². The zero-order valence-electron chi connectivity index (χ0n) is 11.4. The third-order valence-corrected chi connectivity index (χ3v) is 4.12. The summed E-state index contributed by atoms with van der Waals surface area (Å²) in [5, 5.41) is 12.5. The fraction of sp³-hybridized carbons (Fsp3) is 0.500. The normalized spacial score (nSPS) is 24.7. The molecular weight excluding hydrogens is 304 g/mol. The molecule has 2 rings (SSSR count). The third-order valence-electron chi connectivity index (χ3n) is 3.77. The Bertz CT molecular complexity index is 533. The van der Waals surface area contributed by atoms with Crippen LogP contribution in [0.3, 0.4) is 0 Å². The molecule has 0 atom stereocenters. The van der Waals surface area contributed by atoms with E-state index in [1.165, 1.54) is 12.1 Å². The van der Waals surface area contributed by atoms with Crippen molar-refractivity contribution in [2.45, 2.75) is 39.0 Å². The van der Waals surface area contributed by atoms with Gasteiger partial charge in [-0.15, -0.1) is 0 Å². The Balaban J connectivity index is 1.97. The van der Waals surface area contributed by atoms with Crippen LogP contribution in [0.5, 0.6) is 5.75 Å². The van der Waals surface area contributed by atoms with E-state index in [2.05, 4.69) is 10.1 Å². The molecule has 116 valence electrons. The van der Waals surface area contributed by atoms with Gasteiger partial charge in [0.05, 0.1) is 5.41 Å². The van der Waals surface area contributed by atoms with Gasteiger partial charge in [-0.05, 0) is 31.9 Å². The summed E-state index contributed by atoms with van der Waals surface area (Å²) in [6.45, 7) is -0.975. The van der Waals surface area contributed by atoms with Crippen LogP contribution >= 0.6 is 11.6 Å². The first kappa shape index (κ1) is 16.0. The SMILES string of the molecule is CC1(C(=O)O)CC(NCc2c(Cl)cccc2OC(F)F)C1. The van der Waals surface area contributed by atoms with Crippen LogP contribution in [-0.4, -0.2) is 23.7 Å². The van der Waals surface area contributed by atoms with E-state index in [0.717, 1.165) is 0 Å². The fourth-order valence-electron chi connectivity index (χ4n) is 2.51. The van der Waals surface area contributed by atoms with Gasteiger partial charge in [0.1, 0.15) is 5.75 Å². The highest BCUT2D eigenvalue weighted by atomic mass is 35.5. The average Bonchev–Trinajstić information content (AvgIpc) is 2.34. The molecule has 4 nitrogen and oxygen atoms in total. The van der Waals surface area contributed by atoms with E-state index in [1.54, 1.807) is 13.0 Å². The van der Waals surface area contributed by atoms with Gasteiger partial charge in [0.25, 0.3) is 0 Å². The van der Waals surface area contributed by atoms with Crippen molar-refractivity contribution in [3.05, 3.63) is 28.8 Å². The molecule has 0 spiro atoms. The third kappa shape index (κ3) is 3.63. The number of rotatable bonds is 6. The first-order valence-corrected chi connectivity index (χ1v) is 6.88. The number of carbonyl (C=O) groups is 1. The molecule has 0 bridgehead atoms. The zero-order valence-corrected chi connectivity index (χ0v) is 12.2. The number of benzene rings is 1. The summed E-state index contributed by atoms with van der Waals surface area (Å²) >= 11 is 6.00. The number of nitrogens with one attached hydrogen (secondary N) is 1. The van der Waals surface area contributed by atoms with E-state index < -0.39 is 18.0 Å². The fourth-order valence-corrected chi connectivity index (χ4v) is 2.74. The molecule has 0 radical (unpaired) electrons. The standard InChI is InChI=1S/C14H16ClF2NO3/c1-14(12(19)20)5-8(6-14)18-7-9-10(15)3-2-4-11(9)21-13(16)17/h2-4,8,13,18H,5-7H2,1H3,(H,19,20). The van der Waals surface area contributed by atoms with Crippen molar-refractivity contribution in [1.82, 2.24) is 5.32 Å². The van der Waals surface area contributed by atoms with Gasteiger partial charge in [-0.25, -0.2) is 0 Å². The Hall–Kier alpha value is -1.40. The van der Waals surface area contributed by atoms with Crippen LogP contribution in [0.2, 0.25) is 5.02 Å². The van der Waals surface area contributed by atoms with E-state index in [0.29, 0.717) is 23.4 Å². The van der Waals surface area contributed by atoms with Crippen molar-refractivity contribution in [2.75, 3.05) is 0 Å². The van der Waals surface area contributed by atoms with Gasteiger partial charge in [-0.2, -0.15) is 8.78 Å². The molecule has 1 aliphatic rings. The molecule has 0 aliphatic heterocycles. The van der Waals surface area contributed by atoms with Crippen LogP contribution in [-0.2, 0) is 11.3 Å². The Morgan fingerprint density at radius 3 is 2.81 bits per heavy atom. The second-order valence-electron chi connectivity index (χ2n) is 5.45. The quantitative estimate of drug-likeness (QED) is 0.845. The number of halogens is 3. The molecule has 2 N–H and O–H groups in total. The highest BCUT2D eigenvalue weighted by Gasteiger charge is 2.46. The summed E-state index contributed by atoms with van der Waals surface area (Å²) in [5.41, 5.74) is -0.260. The second kappa shape index (κ2) is 6.15. The second-order valence-corrected chi connectivity index (χ2v) is 5.85. The Morgan fingerprint density at radius 2 is 2.24 bits per heavy atom. The molecule has 7 heteroatoms. The van der Waals surface area contributed by atoms with Crippen LogP contribution < -0.4 is 10.1 Å². The highest BCUT2D eigenvalue weighted by molar-refractivity contribution is 6.31. The van der Waals surface area contributed by atoms with E-state index in [4.69, 9.17) is 16.7 Å². The largest absolute Gasteiger partial charge is 0.481 e. The van der Waals surface area contributed by atoms with Crippen LogP contribution in [0.4, 0.5) is 8.78 Å². The van der Waals surface area contributed by atoms with E-state index in [1.807, 2.05) is 0 Å². The molecule has 1 aliphatic carbocycles. The minimum atomic E-state index is -2.92. The first-order valence-electron chi connectivity index (χ1n) is 6.51. The summed E-state index contributed by atoms with van der Waals surface area (Å²) in [5.74, 6) is -0.787. The minimum Gasteiger partial charge on any atom is -0.481 e. The first-order chi connectivity index (χ1) is 9.82. The molecule has 21 heavy (non-hydrogen) atoms. The molecule has 1 saturated carbocycles. The molecule has 0 unspecified atom stereocenters. The highest BCUT2D eigenvalue weighted by Crippen LogP contribution is 2.41. The molecule has 0 amide bonds. The summed E-state index contributed by atoms with van der Waals surface area (Å²) in [6.07, 6.45) is 0.996. The van der Waals surface area contributed by atoms with Crippen molar-refractivity contribution in [1.29, 1.82) is 0 Å². The lowest BCUT2D eigenvalue weighted by atomic mass is 9.67. The van der Waals surface area contributed by atoms with Crippen molar-refractivity contribution < 1.29 is 23.4 Å². The van der Waals surface area contributed by atoms with Gasteiger partial charge in [-0.1, -0.05) is 17.7 Å². The van der Waals surface area contributed by atoms with Crippen molar-refractivity contribution in [3.63, 3.8) is 0 Å². The number of alkyl halides is 2. The maximum Gasteiger partial charge on any atom is 0.387 e. The predicted octanol–water partition coefficient (Wildman–Crippen LogP) is 3.28. The number of carboxylic acids is 1. The predicted molar refractivity (Wildman–Crippen MR) is 73.7 cm³/mol. The van der Waals surface area contributed by atoms with Gasteiger partial charge < -0.3 is 15.2 Å². The van der Waals surface area contributed by atoms with Crippen LogP contribution in [0, 0.1) is 5.41 Å². The molecule has 1 fully saturated rings. The van der Waals surface area contributed by atoms with Gasteiger partial charge in [0.2, 0.25) is 0 Å². The van der Waals surface area contributed by atoms with Crippen LogP contribution in [0.15, 0.2) is 18.2 Å². The van der Waals surface area contributed by atoms with Crippen LogP contribution in [0.1, 0.15) is 25.3 Å². The topological polar surface area (TPSA) is 58.6 Å². The maximum absolute atomic E-state index is 12.3. The van der Waals surface area contributed by atoms with Crippen LogP contribution in [0.25, 0.3) is 0 Å². The maximum atomic E-state index is 12.3. The molecule has 1 aromatic rings. The summed E-state index contributed by atoms with van der Waals surface area (Å²) in [4.78, 5) is 11.0. The Kier molecular flexibility index (Phi) is 4.68. The van der Waals surface area contributed by atoms with Gasteiger partial charge in [0.15, 0.2) is 0 Å². The molecular formula is C14H16ClF2NO3. The van der Waals surface area contributed by atoms with E-state index >= 15 is 0 Å². The van der Waals surface area contributed by atoms with Crippen molar-refractivity contribution in [3.8, 4) is 5.75 Å². The molecule has 0 aromatic heterocycles. The number of carboxylic acid groups (broad SMARTS) is 1. The zero-order chi connectivity index (χ0) is 15.6. The monoisotopic (exact) mass is 319 g/mol. The smallest absolute Gasteiger partial charge is 0.387 e. The number of ether oxygens (including phenoxy) is 1. The molecule has 0 saturated heterocycles. The Labute approximate surface area is 126 Å².